The Morgan fingerprint density at radius 2 is 2.10 bits per heavy atom. The van der Waals surface area contributed by atoms with Gasteiger partial charge in [-0.15, -0.1) is 11.3 Å². The van der Waals surface area contributed by atoms with Crippen LogP contribution >= 0.6 is 11.3 Å². The first-order valence-electron chi connectivity index (χ1n) is 6.34. The lowest BCUT2D eigenvalue weighted by Crippen LogP contribution is -2.16. The van der Waals surface area contributed by atoms with Crippen LogP contribution in [0.25, 0.3) is 0 Å². The minimum absolute atomic E-state index is 0.0233. The number of thiazole rings is 1. The van der Waals surface area contributed by atoms with Gasteiger partial charge in [0.1, 0.15) is 0 Å². The molecule has 0 unspecified atom stereocenters. The van der Waals surface area contributed by atoms with Gasteiger partial charge in [0.25, 0.3) is 0 Å². The summed E-state index contributed by atoms with van der Waals surface area (Å²) in [5.41, 5.74) is 7.57. The van der Waals surface area contributed by atoms with E-state index in [-0.39, 0.29) is 18.7 Å². The van der Waals surface area contributed by atoms with Crippen LogP contribution in [0.5, 0.6) is 0 Å². The van der Waals surface area contributed by atoms with Gasteiger partial charge in [0.05, 0.1) is 12.1 Å². The maximum atomic E-state index is 12.0. The summed E-state index contributed by atoms with van der Waals surface area (Å²) in [6.45, 7) is 0. The van der Waals surface area contributed by atoms with E-state index in [2.05, 4.69) is 10.3 Å². The number of amides is 1. The average Bonchev–Trinajstić information content (AvgIpc) is 2.83. The summed E-state index contributed by atoms with van der Waals surface area (Å²) in [6, 6.07) is 7.17. The second-order valence-electron chi connectivity index (χ2n) is 4.45. The monoisotopic (exact) mass is 305 g/mol. The van der Waals surface area contributed by atoms with E-state index in [1.165, 1.54) is 11.3 Å². The Morgan fingerprint density at radius 3 is 2.76 bits per heavy atom. The van der Waals surface area contributed by atoms with Crippen molar-refractivity contribution >= 4 is 34.0 Å². The lowest BCUT2D eigenvalue weighted by atomic mass is 10.1. The van der Waals surface area contributed by atoms with Gasteiger partial charge in [-0.25, -0.2) is 4.98 Å². The maximum absolute atomic E-state index is 12.0. The van der Waals surface area contributed by atoms with Crippen LogP contribution in [0.15, 0.2) is 29.6 Å². The summed E-state index contributed by atoms with van der Waals surface area (Å²) in [7, 11) is 0. The molecule has 2 aromatic rings. The molecule has 0 saturated heterocycles. The van der Waals surface area contributed by atoms with Gasteiger partial charge in [0.15, 0.2) is 5.13 Å². The number of benzene rings is 1. The zero-order valence-corrected chi connectivity index (χ0v) is 12.0. The lowest BCUT2D eigenvalue weighted by Gasteiger charge is -2.09. The zero-order chi connectivity index (χ0) is 15.2. The Morgan fingerprint density at radius 1 is 1.33 bits per heavy atom. The number of carboxylic acid groups (broad SMARTS) is 1. The molecule has 2 rings (SSSR count). The minimum Gasteiger partial charge on any atom is -0.481 e. The van der Waals surface area contributed by atoms with Crippen molar-refractivity contribution in [2.24, 2.45) is 0 Å². The van der Waals surface area contributed by atoms with Crippen LogP contribution in [0.3, 0.4) is 0 Å². The second-order valence-corrected chi connectivity index (χ2v) is 5.34. The second kappa shape index (κ2) is 6.85. The van der Waals surface area contributed by atoms with Crippen LogP contribution in [-0.4, -0.2) is 22.0 Å². The van der Waals surface area contributed by atoms with Gasteiger partial charge in [-0.3, -0.25) is 9.59 Å². The Bertz CT molecular complexity index is 654. The molecule has 1 heterocycles. The molecule has 21 heavy (non-hydrogen) atoms. The molecule has 1 amide bonds. The van der Waals surface area contributed by atoms with Gasteiger partial charge >= 0.3 is 5.97 Å². The molecule has 110 valence electrons. The number of aromatic nitrogens is 1. The smallest absolute Gasteiger partial charge is 0.303 e. The predicted molar refractivity (Wildman–Crippen MR) is 81.3 cm³/mol. The number of nitrogens with two attached hydrogens (primary N) is 1. The third-order valence-corrected chi connectivity index (χ3v) is 3.53. The molecule has 1 aromatic carbocycles. The molecule has 6 nitrogen and oxygen atoms in total. The number of rotatable bonds is 6. The Hall–Kier alpha value is -2.41. The fourth-order valence-corrected chi connectivity index (χ4v) is 2.43. The zero-order valence-electron chi connectivity index (χ0n) is 11.2. The number of hydrogen-bond acceptors (Lipinski definition) is 5. The van der Waals surface area contributed by atoms with Gasteiger partial charge in [-0.2, -0.15) is 0 Å². The van der Waals surface area contributed by atoms with Crippen molar-refractivity contribution in [1.29, 1.82) is 0 Å². The molecule has 1 aromatic heterocycles. The van der Waals surface area contributed by atoms with E-state index >= 15 is 0 Å². The first-order valence-corrected chi connectivity index (χ1v) is 7.22. The molecular weight excluding hydrogens is 290 g/mol. The van der Waals surface area contributed by atoms with E-state index < -0.39 is 5.97 Å². The first kappa shape index (κ1) is 15.0. The summed E-state index contributed by atoms with van der Waals surface area (Å²) in [5, 5.41) is 13.7. The van der Waals surface area contributed by atoms with Crippen LogP contribution in [0.2, 0.25) is 0 Å². The quantitative estimate of drug-likeness (QED) is 0.756. The first-order chi connectivity index (χ1) is 10.0. The Labute approximate surface area is 125 Å². The number of aryl methyl sites for hydroxylation is 1. The van der Waals surface area contributed by atoms with E-state index in [1.54, 1.807) is 23.6 Å². The van der Waals surface area contributed by atoms with Crippen molar-refractivity contribution in [3.8, 4) is 0 Å². The summed E-state index contributed by atoms with van der Waals surface area (Å²) < 4.78 is 0. The van der Waals surface area contributed by atoms with Gasteiger partial charge in [-0.05, 0) is 18.1 Å². The number of carbonyl (C=O) groups excluding carboxylic acids is 1. The van der Waals surface area contributed by atoms with E-state index in [9.17, 15) is 9.59 Å². The fraction of sp³-hybridized carbons (Fsp3) is 0.214. The van der Waals surface area contributed by atoms with E-state index in [0.29, 0.717) is 22.9 Å². The number of hydrogen-bond donors (Lipinski definition) is 3. The van der Waals surface area contributed by atoms with E-state index in [4.69, 9.17) is 10.8 Å². The molecule has 0 fully saturated rings. The largest absolute Gasteiger partial charge is 0.481 e. The van der Waals surface area contributed by atoms with Crippen molar-refractivity contribution in [3.63, 3.8) is 0 Å². The highest BCUT2D eigenvalue weighted by molar-refractivity contribution is 7.13. The molecule has 0 saturated carbocycles. The molecule has 0 aliphatic rings. The van der Waals surface area contributed by atoms with Crippen molar-refractivity contribution in [1.82, 2.24) is 4.98 Å². The van der Waals surface area contributed by atoms with Gasteiger partial charge in [-0.1, -0.05) is 18.2 Å². The van der Waals surface area contributed by atoms with Gasteiger partial charge in [0.2, 0.25) is 5.91 Å². The van der Waals surface area contributed by atoms with Crippen molar-refractivity contribution in [2.45, 2.75) is 19.3 Å². The van der Waals surface area contributed by atoms with Crippen LogP contribution in [0, 0.1) is 0 Å². The third-order valence-electron chi connectivity index (χ3n) is 2.81. The Balaban J connectivity index is 2.01. The van der Waals surface area contributed by atoms with Crippen molar-refractivity contribution in [3.05, 3.63) is 40.9 Å². The molecule has 0 spiro atoms. The lowest BCUT2D eigenvalue weighted by molar-refractivity contribution is -0.136. The van der Waals surface area contributed by atoms with Crippen LogP contribution < -0.4 is 11.1 Å². The molecule has 0 aliphatic heterocycles. The maximum Gasteiger partial charge on any atom is 0.303 e. The number of anilines is 2. The summed E-state index contributed by atoms with van der Waals surface area (Å²) in [5.74, 6) is -1.07. The molecule has 0 atom stereocenters. The number of nitrogen functional groups attached to an aromatic ring is 1. The highest BCUT2D eigenvalue weighted by atomic mass is 32.1. The van der Waals surface area contributed by atoms with Crippen LogP contribution in [0.1, 0.15) is 17.7 Å². The predicted octanol–water partition coefficient (Wildman–Crippen LogP) is 1.92. The summed E-state index contributed by atoms with van der Waals surface area (Å²) in [4.78, 5) is 26.7. The van der Waals surface area contributed by atoms with Crippen molar-refractivity contribution < 1.29 is 14.7 Å². The standard InChI is InChI=1S/C14H15N3O3S/c15-14-16-10(8-21-14)7-12(18)17-11-4-2-1-3-9(11)5-6-13(19)20/h1-4,8H,5-7H2,(H2,15,16)(H,17,18)(H,19,20). The molecule has 0 radical (unpaired) electrons. The molecule has 0 bridgehead atoms. The highest BCUT2D eigenvalue weighted by Gasteiger charge is 2.10. The highest BCUT2D eigenvalue weighted by Crippen LogP contribution is 2.18. The topological polar surface area (TPSA) is 105 Å². The molecule has 4 N–H and O–H groups in total. The average molecular weight is 305 g/mol. The van der Waals surface area contributed by atoms with E-state index in [1.807, 2.05) is 6.07 Å². The van der Waals surface area contributed by atoms with E-state index in [0.717, 1.165) is 5.56 Å². The van der Waals surface area contributed by atoms with Gasteiger partial charge < -0.3 is 16.2 Å². The van der Waals surface area contributed by atoms with Gasteiger partial charge in [0, 0.05) is 17.5 Å². The minimum atomic E-state index is -0.867. The summed E-state index contributed by atoms with van der Waals surface area (Å²) in [6.07, 6.45) is 0.534. The molecular formula is C14H15N3O3S. The number of para-hydroxylation sites is 1. The third kappa shape index (κ3) is 4.57. The Kier molecular flexibility index (Phi) is 4.89. The molecule has 7 heteroatoms. The van der Waals surface area contributed by atoms with Crippen LogP contribution in [0.4, 0.5) is 10.8 Å². The fourth-order valence-electron chi connectivity index (χ4n) is 1.86. The number of nitrogens with one attached hydrogen (secondary N) is 1. The van der Waals surface area contributed by atoms with Crippen molar-refractivity contribution in [2.75, 3.05) is 11.1 Å². The normalized spacial score (nSPS) is 10.3. The summed E-state index contributed by atoms with van der Waals surface area (Å²) >= 11 is 1.29. The number of carboxylic acids is 1. The number of aliphatic carboxylic acids is 1. The number of carbonyl (C=O) groups is 2. The number of nitrogens with zero attached hydrogens (tertiary/aromatic N) is 1. The van der Waals surface area contributed by atoms with Crippen LogP contribution in [-0.2, 0) is 22.4 Å². The molecule has 0 aliphatic carbocycles. The SMILES string of the molecule is Nc1nc(CC(=O)Nc2ccccc2CCC(=O)O)cs1.